The molecule has 0 saturated carbocycles. The van der Waals surface area contributed by atoms with E-state index in [0.29, 0.717) is 18.0 Å². The molecule has 0 heterocycles. The zero-order valence-electron chi connectivity index (χ0n) is 17.0. The molecule has 0 aliphatic rings. The van der Waals surface area contributed by atoms with Crippen LogP contribution in [0, 0.1) is 13.8 Å². The highest BCUT2D eigenvalue weighted by molar-refractivity contribution is 5.80. The fraction of sp³-hybridized carbons (Fsp3) is 0.409. The lowest BCUT2D eigenvalue weighted by Crippen LogP contribution is -2.36. The van der Waals surface area contributed by atoms with Gasteiger partial charge in [0.2, 0.25) is 0 Å². The van der Waals surface area contributed by atoms with E-state index in [4.69, 9.17) is 14.2 Å². The predicted molar refractivity (Wildman–Crippen MR) is 107 cm³/mol. The van der Waals surface area contributed by atoms with Gasteiger partial charge < -0.3 is 19.5 Å². The molecule has 1 amide bonds. The number of hydrogen-bond donors (Lipinski definition) is 1. The lowest BCUT2D eigenvalue weighted by molar-refractivity contribution is -0.127. The van der Waals surface area contributed by atoms with Gasteiger partial charge in [0.15, 0.2) is 17.6 Å². The Labute approximate surface area is 161 Å². The maximum absolute atomic E-state index is 12.4. The Morgan fingerprint density at radius 1 is 0.963 bits per heavy atom. The van der Waals surface area contributed by atoms with Gasteiger partial charge in [0.05, 0.1) is 13.2 Å². The number of benzene rings is 2. The van der Waals surface area contributed by atoms with Crippen molar-refractivity contribution >= 4 is 5.91 Å². The van der Waals surface area contributed by atoms with Crippen molar-refractivity contribution in [1.82, 2.24) is 5.32 Å². The molecule has 0 unspecified atom stereocenters. The zero-order chi connectivity index (χ0) is 20.0. The Bertz CT molecular complexity index is 786. The maximum Gasteiger partial charge on any atom is 0.261 e. The number of amides is 1. The molecule has 146 valence electrons. The molecule has 2 aromatic carbocycles. The lowest BCUT2D eigenvalue weighted by Gasteiger charge is -2.17. The molecule has 1 atom stereocenters. The van der Waals surface area contributed by atoms with E-state index in [0.717, 1.165) is 22.4 Å². The molecule has 27 heavy (non-hydrogen) atoms. The fourth-order valence-electron chi connectivity index (χ4n) is 2.58. The standard InChI is InChI=1S/C22H29NO4/c1-14(2)26-19-10-9-18(12-21(19)25-6)13-23-22(24)17(5)27-20-11-15(3)7-8-16(20)4/h7-12,14,17H,13H2,1-6H3,(H,23,24)/t17-/m0/s1. The summed E-state index contributed by atoms with van der Waals surface area (Å²) in [7, 11) is 1.60. The third kappa shape index (κ3) is 5.91. The first-order valence-corrected chi connectivity index (χ1v) is 9.15. The first-order chi connectivity index (χ1) is 12.8. The van der Waals surface area contributed by atoms with Gasteiger partial charge in [-0.25, -0.2) is 0 Å². The summed E-state index contributed by atoms with van der Waals surface area (Å²) >= 11 is 0. The van der Waals surface area contributed by atoms with Crippen molar-refractivity contribution in [1.29, 1.82) is 0 Å². The molecule has 0 aliphatic heterocycles. The average molecular weight is 371 g/mol. The molecule has 0 radical (unpaired) electrons. The quantitative estimate of drug-likeness (QED) is 0.756. The van der Waals surface area contributed by atoms with E-state index in [9.17, 15) is 4.79 Å². The molecule has 0 bridgehead atoms. The molecule has 0 saturated heterocycles. The molecular weight excluding hydrogens is 342 g/mol. The minimum atomic E-state index is -0.587. The lowest BCUT2D eigenvalue weighted by atomic mass is 10.1. The maximum atomic E-state index is 12.4. The highest BCUT2D eigenvalue weighted by Crippen LogP contribution is 2.29. The summed E-state index contributed by atoms with van der Waals surface area (Å²) in [4.78, 5) is 12.4. The number of aryl methyl sites for hydroxylation is 2. The van der Waals surface area contributed by atoms with Gasteiger partial charge in [-0.1, -0.05) is 18.2 Å². The van der Waals surface area contributed by atoms with Crippen LogP contribution >= 0.6 is 0 Å². The van der Waals surface area contributed by atoms with Crippen molar-refractivity contribution in [3.05, 3.63) is 53.1 Å². The Kier molecular flexibility index (Phi) is 7.11. The van der Waals surface area contributed by atoms with Gasteiger partial charge in [-0.05, 0) is 69.5 Å². The average Bonchev–Trinajstić information content (AvgIpc) is 2.63. The minimum Gasteiger partial charge on any atom is -0.493 e. The van der Waals surface area contributed by atoms with Crippen LogP contribution in [0.25, 0.3) is 0 Å². The number of carbonyl (C=O) groups is 1. The van der Waals surface area contributed by atoms with Crippen LogP contribution in [0.4, 0.5) is 0 Å². The van der Waals surface area contributed by atoms with Gasteiger partial charge in [0.25, 0.3) is 5.91 Å². The van der Waals surface area contributed by atoms with Crippen molar-refractivity contribution in [3.8, 4) is 17.2 Å². The SMILES string of the molecule is COc1cc(CNC(=O)[C@H](C)Oc2cc(C)ccc2C)ccc1OC(C)C. The van der Waals surface area contributed by atoms with Crippen LogP contribution in [0.3, 0.4) is 0 Å². The van der Waals surface area contributed by atoms with Gasteiger partial charge in [0.1, 0.15) is 5.75 Å². The smallest absolute Gasteiger partial charge is 0.261 e. The van der Waals surface area contributed by atoms with Gasteiger partial charge in [0, 0.05) is 6.54 Å². The van der Waals surface area contributed by atoms with Crippen LogP contribution in [0.15, 0.2) is 36.4 Å². The van der Waals surface area contributed by atoms with Crippen molar-refractivity contribution in [2.45, 2.75) is 53.4 Å². The molecule has 0 aliphatic carbocycles. The summed E-state index contributed by atoms with van der Waals surface area (Å²) in [6.45, 7) is 10.0. The first-order valence-electron chi connectivity index (χ1n) is 9.15. The second kappa shape index (κ2) is 9.31. The predicted octanol–water partition coefficient (Wildman–Crippen LogP) is 4.18. The molecule has 1 N–H and O–H groups in total. The number of nitrogens with one attached hydrogen (secondary N) is 1. The topological polar surface area (TPSA) is 56.8 Å². The van der Waals surface area contributed by atoms with E-state index >= 15 is 0 Å². The zero-order valence-corrected chi connectivity index (χ0v) is 17.0. The Morgan fingerprint density at radius 3 is 2.37 bits per heavy atom. The van der Waals surface area contributed by atoms with Crippen molar-refractivity contribution in [2.24, 2.45) is 0 Å². The molecule has 5 nitrogen and oxygen atoms in total. The number of rotatable bonds is 8. The van der Waals surface area contributed by atoms with Crippen molar-refractivity contribution < 1.29 is 19.0 Å². The van der Waals surface area contributed by atoms with Crippen molar-refractivity contribution in [3.63, 3.8) is 0 Å². The van der Waals surface area contributed by atoms with Crippen molar-refractivity contribution in [2.75, 3.05) is 7.11 Å². The summed E-state index contributed by atoms with van der Waals surface area (Å²) in [6.07, 6.45) is -0.525. The number of carbonyl (C=O) groups excluding carboxylic acids is 1. The molecular formula is C22H29NO4. The summed E-state index contributed by atoms with van der Waals surface area (Å²) in [6, 6.07) is 11.6. The van der Waals surface area contributed by atoms with Gasteiger partial charge >= 0.3 is 0 Å². The van der Waals surface area contributed by atoms with E-state index in [1.54, 1.807) is 14.0 Å². The van der Waals surface area contributed by atoms with E-state index in [1.165, 1.54) is 0 Å². The molecule has 0 aromatic heterocycles. The largest absolute Gasteiger partial charge is 0.493 e. The number of methoxy groups -OCH3 is 1. The Hall–Kier alpha value is -2.69. The fourth-order valence-corrected chi connectivity index (χ4v) is 2.58. The summed E-state index contributed by atoms with van der Waals surface area (Å²) in [5, 5.41) is 2.90. The molecule has 2 aromatic rings. The molecule has 0 spiro atoms. The van der Waals surface area contributed by atoms with Gasteiger partial charge in [-0.15, -0.1) is 0 Å². The van der Waals surface area contributed by atoms with Gasteiger partial charge in [-0.2, -0.15) is 0 Å². The summed E-state index contributed by atoms with van der Waals surface area (Å²) in [5.74, 6) is 1.90. The normalized spacial score (nSPS) is 11.8. The number of ether oxygens (including phenoxy) is 3. The molecule has 0 fully saturated rings. The highest BCUT2D eigenvalue weighted by atomic mass is 16.5. The summed E-state index contributed by atoms with van der Waals surface area (Å²) < 4.78 is 16.9. The number of hydrogen-bond acceptors (Lipinski definition) is 4. The van der Waals surface area contributed by atoms with Gasteiger partial charge in [-0.3, -0.25) is 4.79 Å². The molecule has 2 rings (SSSR count). The minimum absolute atomic E-state index is 0.0625. The summed E-state index contributed by atoms with van der Waals surface area (Å²) in [5.41, 5.74) is 3.03. The van der Waals surface area contributed by atoms with Crippen LogP contribution in [0.5, 0.6) is 17.2 Å². The van der Waals surface area contributed by atoms with E-state index in [-0.39, 0.29) is 12.0 Å². The second-order valence-electron chi connectivity index (χ2n) is 6.90. The highest BCUT2D eigenvalue weighted by Gasteiger charge is 2.16. The van der Waals surface area contributed by atoms with E-state index in [2.05, 4.69) is 5.32 Å². The first kappa shape index (κ1) is 20.6. The van der Waals surface area contributed by atoms with E-state index in [1.807, 2.05) is 64.1 Å². The van der Waals surface area contributed by atoms with Crippen LogP contribution in [0.2, 0.25) is 0 Å². The molecule has 5 heteroatoms. The Balaban J connectivity index is 1.97. The van der Waals surface area contributed by atoms with Crippen LogP contribution in [0.1, 0.15) is 37.5 Å². The monoisotopic (exact) mass is 371 g/mol. The third-order valence-electron chi connectivity index (χ3n) is 4.07. The third-order valence-corrected chi connectivity index (χ3v) is 4.07. The Morgan fingerprint density at radius 2 is 1.70 bits per heavy atom. The second-order valence-corrected chi connectivity index (χ2v) is 6.90. The van der Waals surface area contributed by atoms with Crippen LogP contribution < -0.4 is 19.5 Å². The van der Waals surface area contributed by atoms with E-state index < -0.39 is 6.10 Å². The van der Waals surface area contributed by atoms with Crippen LogP contribution in [-0.4, -0.2) is 25.2 Å². The van der Waals surface area contributed by atoms with Crippen LogP contribution in [-0.2, 0) is 11.3 Å².